The van der Waals surface area contributed by atoms with Crippen LogP contribution in [0.3, 0.4) is 0 Å². The molecule has 11 heteroatoms. The Kier molecular flexibility index (Phi) is 7.33. The van der Waals surface area contributed by atoms with Gasteiger partial charge in [-0.2, -0.15) is 13.2 Å². The van der Waals surface area contributed by atoms with Crippen molar-refractivity contribution in [3.8, 4) is 16.5 Å². The number of aromatic nitrogens is 2. The van der Waals surface area contributed by atoms with E-state index in [9.17, 15) is 23.1 Å². The van der Waals surface area contributed by atoms with E-state index >= 15 is 0 Å². The number of thiazole rings is 1. The van der Waals surface area contributed by atoms with E-state index in [-0.39, 0.29) is 28.6 Å². The maximum Gasteiger partial charge on any atom is 0.416 e. The minimum atomic E-state index is -4.55. The highest BCUT2D eigenvalue weighted by molar-refractivity contribution is 7.19. The molecule has 1 aliphatic heterocycles. The molecule has 1 saturated heterocycles. The number of rotatable bonds is 6. The smallest absolute Gasteiger partial charge is 0.416 e. The third-order valence-corrected chi connectivity index (χ3v) is 7.41. The number of halogens is 3. The van der Waals surface area contributed by atoms with Crippen LogP contribution in [0, 0.1) is 0 Å². The predicted molar refractivity (Wildman–Crippen MR) is 141 cm³/mol. The van der Waals surface area contributed by atoms with Crippen molar-refractivity contribution < 1.29 is 23.1 Å². The molecular formula is C27H26F3N5O2S. The molecule has 3 heterocycles. The van der Waals surface area contributed by atoms with Gasteiger partial charge in [-0.05, 0) is 48.5 Å². The molecule has 0 saturated carbocycles. The van der Waals surface area contributed by atoms with E-state index < -0.39 is 17.6 Å². The van der Waals surface area contributed by atoms with Crippen molar-refractivity contribution in [3.63, 3.8) is 0 Å². The lowest BCUT2D eigenvalue weighted by atomic mass is 10.0. The van der Waals surface area contributed by atoms with Gasteiger partial charge in [0.15, 0.2) is 0 Å². The Morgan fingerprint density at radius 2 is 1.79 bits per heavy atom. The van der Waals surface area contributed by atoms with Crippen molar-refractivity contribution in [2.45, 2.75) is 19.6 Å². The highest BCUT2D eigenvalue weighted by atomic mass is 32.1. The van der Waals surface area contributed by atoms with Crippen molar-refractivity contribution in [2.75, 3.05) is 38.0 Å². The normalized spacial score (nSPS) is 15.2. The minimum Gasteiger partial charge on any atom is -0.486 e. The van der Waals surface area contributed by atoms with Crippen LogP contribution in [0.15, 0.2) is 54.6 Å². The van der Waals surface area contributed by atoms with Gasteiger partial charge >= 0.3 is 6.18 Å². The van der Waals surface area contributed by atoms with E-state index in [1.165, 1.54) is 12.1 Å². The zero-order valence-corrected chi connectivity index (χ0v) is 21.4. The second-order valence-electron chi connectivity index (χ2n) is 9.13. The Balaban J connectivity index is 1.34. The Morgan fingerprint density at radius 1 is 1.03 bits per heavy atom. The summed E-state index contributed by atoms with van der Waals surface area (Å²) in [5.41, 5.74) is 1.61. The molecule has 7 nitrogen and oxygen atoms in total. The molecule has 0 aliphatic carbocycles. The first-order chi connectivity index (χ1) is 18.2. The zero-order chi connectivity index (χ0) is 26.9. The summed E-state index contributed by atoms with van der Waals surface area (Å²) in [6.45, 7) is 6.31. The van der Waals surface area contributed by atoms with E-state index in [1.54, 1.807) is 36.4 Å². The number of pyridine rings is 1. The van der Waals surface area contributed by atoms with Gasteiger partial charge in [0.1, 0.15) is 10.3 Å². The van der Waals surface area contributed by atoms with Gasteiger partial charge in [-0.3, -0.25) is 9.69 Å². The van der Waals surface area contributed by atoms with Crippen molar-refractivity contribution in [1.82, 2.24) is 19.8 Å². The van der Waals surface area contributed by atoms with Crippen molar-refractivity contribution in [1.29, 1.82) is 0 Å². The topological polar surface area (TPSA) is 81.6 Å². The number of alkyl halides is 3. The van der Waals surface area contributed by atoms with Gasteiger partial charge in [-0.1, -0.05) is 36.5 Å². The molecule has 2 N–H and O–H groups in total. The number of likely N-dealkylation sites (N-methyl/N-ethyl adjacent to an activating group) is 1. The maximum atomic E-state index is 13.9. The second kappa shape index (κ2) is 10.7. The van der Waals surface area contributed by atoms with Crippen molar-refractivity contribution in [3.05, 3.63) is 71.3 Å². The van der Waals surface area contributed by atoms with E-state index in [0.717, 1.165) is 37.0 Å². The fourth-order valence-electron chi connectivity index (χ4n) is 4.55. The van der Waals surface area contributed by atoms with Gasteiger partial charge in [0.2, 0.25) is 0 Å². The van der Waals surface area contributed by atoms with Crippen LogP contribution in [0.2, 0.25) is 0 Å². The highest BCUT2D eigenvalue weighted by Crippen LogP contribution is 2.35. The molecule has 198 valence electrons. The number of benzene rings is 2. The van der Waals surface area contributed by atoms with Crippen LogP contribution in [-0.4, -0.2) is 63.5 Å². The SMILES string of the molecule is CCN1CCN(Cc2ccc(NC(=O)c3cccc(-c4ccc5nc(O)sc5n4)c3)cc2C(F)(F)F)CC1. The summed E-state index contributed by atoms with van der Waals surface area (Å²) in [7, 11) is 0. The van der Waals surface area contributed by atoms with E-state index in [4.69, 9.17) is 0 Å². The molecule has 1 aliphatic rings. The lowest BCUT2D eigenvalue weighted by Crippen LogP contribution is -2.45. The molecular weight excluding hydrogens is 515 g/mol. The molecule has 0 radical (unpaired) electrons. The van der Waals surface area contributed by atoms with Crippen LogP contribution in [0.5, 0.6) is 5.19 Å². The third kappa shape index (κ3) is 5.79. The standard InChI is InChI=1S/C27H26F3N5O2S/c1-2-34-10-12-35(13-11-34)16-19-6-7-20(15-21(19)27(28,29)30)31-24(36)18-5-3-4-17(14-18)22-8-9-23-25(32-22)38-26(37)33-23/h3-9,14-15H,2,10-13,16H2,1H3,(H,31,36)(H,33,37). The number of nitrogens with zero attached hydrogens (tertiary/aromatic N) is 4. The summed E-state index contributed by atoms with van der Waals surface area (Å²) in [5.74, 6) is -0.528. The summed E-state index contributed by atoms with van der Waals surface area (Å²) >= 11 is 1.05. The first-order valence-corrected chi connectivity index (χ1v) is 13.0. The zero-order valence-electron chi connectivity index (χ0n) is 20.6. The molecule has 1 fully saturated rings. The first kappa shape index (κ1) is 26.1. The van der Waals surface area contributed by atoms with Crippen LogP contribution >= 0.6 is 11.3 Å². The minimum absolute atomic E-state index is 0.0759. The Labute approximate surface area is 221 Å². The van der Waals surface area contributed by atoms with Gasteiger partial charge in [-0.25, -0.2) is 9.97 Å². The van der Waals surface area contributed by atoms with E-state index in [2.05, 4.69) is 27.1 Å². The van der Waals surface area contributed by atoms with Crippen molar-refractivity contribution >= 4 is 33.3 Å². The fraction of sp³-hybridized carbons (Fsp3) is 0.296. The van der Waals surface area contributed by atoms with Crippen LogP contribution in [0.1, 0.15) is 28.4 Å². The summed E-state index contributed by atoms with van der Waals surface area (Å²) in [5, 5.41) is 12.1. The molecule has 2 aromatic heterocycles. The average Bonchev–Trinajstić information content (AvgIpc) is 3.28. The average molecular weight is 542 g/mol. The molecule has 38 heavy (non-hydrogen) atoms. The van der Waals surface area contributed by atoms with Crippen LogP contribution < -0.4 is 5.32 Å². The van der Waals surface area contributed by atoms with E-state index in [1.807, 2.05) is 4.90 Å². The number of carbonyl (C=O) groups excluding carboxylic acids is 1. The monoisotopic (exact) mass is 541 g/mol. The third-order valence-electron chi connectivity index (χ3n) is 6.64. The van der Waals surface area contributed by atoms with Gasteiger partial charge in [-0.15, -0.1) is 0 Å². The molecule has 4 aromatic rings. The Morgan fingerprint density at radius 3 is 2.53 bits per heavy atom. The fourth-order valence-corrected chi connectivity index (χ4v) is 5.23. The Bertz CT molecular complexity index is 1460. The van der Waals surface area contributed by atoms with Gasteiger partial charge in [0.25, 0.3) is 11.1 Å². The lowest BCUT2D eigenvalue weighted by molar-refractivity contribution is -0.138. The van der Waals surface area contributed by atoms with Crippen molar-refractivity contribution in [2.24, 2.45) is 0 Å². The van der Waals surface area contributed by atoms with E-state index in [0.29, 0.717) is 34.7 Å². The first-order valence-electron chi connectivity index (χ1n) is 12.2. The summed E-state index contributed by atoms with van der Waals surface area (Å²) in [4.78, 5) is 26.3. The Hall–Kier alpha value is -3.54. The summed E-state index contributed by atoms with van der Waals surface area (Å²) < 4.78 is 41.8. The molecule has 0 bridgehead atoms. The number of hydrogen-bond acceptors (Lipinski definition) is 7. The van der Waals surface area contributed by atoms with Gasteiger partial charge in [0.05, 0.1) is 11.3 Å². The highest BCUT2D eigenvalue weighted by Gasteiger charge is 2.34. The van der Waals surface area contributed by atoms with Gasteiger partial charge in [0, 0.05) is 49.5 Å². The number of anilines is 1. The molecule has 5 rings (SSSR count). The summed E-state index contributed by atoms with van der Waals surface area (Å²) in [6.07, 6.45) is -4.55. The van der Waals surface area contributed by atoms with Gasteiger partial charge < -0.3 is 15.3 Å². The quantitative estimate of drug-likeness (QED) is 0.337. The van der Waals surface area contributed by atoms with Crippen LogP contribution in [0.4, 0.5) is 18.9 Å². The molecule has 0 atom stereocenters. The number of amides is 1. The summed E-state index contributed by atoms with van der Waals surface area (Å²) in [6, 6.07) is 14.1. The molecule has 0 unspecified atom stereocenters. The van der Waals surface area contributed by atoms with Crippen LogP contribution in [-0.2, 0) is 12.7 Å². The number of hydrogen-bond donors (Lipinski definition) is 2. The van der Waals surface area contributed by atoms with Crippen LogP contribution in [0.25, 0.3) is 21.6 Å². The largest absolute Gasteiger partial charge is 0.486 e. The number of piperazine rings is 1. The number of aromatic hydroxyl groups is 1. The predicted octanol–water partition coefficient (Wildman–Crippen LogP) is 5.47. The maximum absolute atomic E-state index is 13.9. The number of fused-ring (bicyclic) bond motifs is 1. The molecule has 0 spiro atoms. The number of nitrogens with one attached hydrogen (secondary N) is 1. The number of carbonyl (C=O) groups is 1. The lowest BCUT2D eigenvalue weighted by Gasteiger charge is -2.34. The molecule has 2 aromatic carbocycles. The molecule has 1 amide bonds. The second-order valence-corrected chi connectivity index (χ2v) is 10.1.